The molecule has 0 bridgehead atoms. The normalized spacial score (nSPS) is 17.9. The third-order valence-electron chi connectivity index (χ3n) is 4.18. The molecule has 2 N–H and O–H groups in total. The fourth-order valence-electron chi connectivity index (χ4n) is 2.64. The van der Waals surface area contributed by atoms with E-state index in [-0.39, 0.29) is 24.0 Å². The Morgan fingerprint density at radius 3 is 2.52 bits per heavy atom. The van der Waals surface area contributed by atoms with Crippen molar-refractivity contribution < 1.29 is 14.4 Å². The van der Waals surface area contributed by atoms with Crippen LogP contribution in [0.4, 0.5) is 5.69 Å². The Labute approximate surface area is 172 Å². The molecule has 8 heteroatoms. The molecule has 1 unspecified atom stereocenters. The van der Waals surface area contributed by atoms with Gasteiger partial charge in [0.15, 0.2) is 11.0 Å². The molecule has 0 spiro atoms. The molecule has 1 heterocycles. The van der Waals surface area contributed by atoms with Crippen LogP contribution in [0.3, 0.4) is 0 Å². The summed E-state index contributed by atoms with van der Waals surface area (Å²) in [6.45, 7) is 3.30. The Balaban J connectivity index is 1.60. The molecule has 7 nitrogen and oxygen atoms in total. The molecule has 29 heavy (non-hydrogen) atoms. The second-order valence-corrected chi connectivity index (χ2v) is 7.63. The summed E-state index contributed by atoms with van der Waals surface area (Å²) in [4.78, 5) is 35.9. The maximum Gasteiger partial charge on any atom is 0.240 e. The van der Waals surface area contributed by atoms with Crippen molar-refractivity contribution in [1.82, 2.24) is 5.32 Å². The maximum absolute atomic E-state index is 12.3. The van der Waals surface area contributed by atoms with E-state index >= 15 is 0 Å². The second-order valence-electron chi connectivity index (χ2n) is 6.44. The molecule has 0 aromatic heterocycles. The lowest BCUT2D eigenvalue weighted by atomic mass is 10.1. The number of carbonyl (C=O) groups is 3. The number of amides is 2. The number of benzene rings is 2. The fraction of sp³-hybridized carbons (Fsp3) is 0.190. The summed E-state index contributed by atoms with van der Waals surface area (Å²) < 4.78 is 0. The van der Waals surface area contributed by atoms with Crippen molar-refractivity contribution in [2.75, 3.05) is 5.32 Å². The largest absolute Gasteiger partial charge is 0.326 e. The van der Waals surface area contributed by atoms with Gasteiger partial charge in [0, 0.05) is 17.7 Å². The molecule has 0 radical (unpaired) electrons. The SMILES string of the molecule is CC(=O)c1cccc(NC(=O)CC2S/C(=N\N=C(/C)c3ccccc3)NC2=O)c1. The van der Waals surface area contributed by atoms with Gasteiger partial charge in [0.1, 0.15) is 5.25 Å². The molecular formula is C21H20N4O3S. The van der Waals surface area contributed by atoms with Gasteiger partial charge in [-0.3, -0.25) is 14.4 Å². The Bertz CT molecular complexity index is 1000. The molecule has 1 saturated heterocycles. The van der Waals surface area contributed by atoms with Gasteiger partial charge >= 0.3 is 0 Å². The molecule has 1 aliphatic rings. The first-order valence-electron chi connectivity index (χ1n) is 8.98. The van der Waals surface area contributed by atoms with Crippen LogP contribution in [0.2, 0.25) is 0 Å². The van der Waals surface area contributed by atoms with E-state index in [0.717, 1.165) is 11.3 Å². The van der Waals surface area contributed by atoms with Crippen LogP contribution in [0.5, 0.6) is 0 Å². The average molecular weight is 408 g/mol. The van der Waals surface area contributed by atoms with E-state index in [1.807, 2.05) is 37.3 Å². The highest BCUT2D eigenvalue weighted by Gasteiger charge is 2.32. The zero-order chi connectivity index (χ0) is 20.8. The summed E-state index contributed by atoms with van der Waals surface area (Å²) in [5.74, 6) is -0.684. The molecule has 148 valence electrons. The van der Waals surface area contributed by atoms with Gasteiger partial charge in [0.05, 0.1) is 5.71 Å². The summed E-state index contributed by atoms with van der Waals surface area (Å²) in [5.41, 5.74) is 2.69. The van der Waals surface area contributed by atoms with Gasteiger partial charge < -0.3 is 10.6 Å². The smallest absolute Gasteiger partial charge is 0.240 e. The van der Waals surface area contributed by atoms with Crippen LogP contribution in [0.1, 0.15) is 36.2 Å². The molecule has 1 fully saturated rings. The number of hydrogen-bond acceptors (Lipinski definition) is 6. The van der Waals surface area contributed by atoms with Gasteiger partial charge in [-0.25, -0.2) is 0 Å². The van der Waals surface area contributed by atoms with Crippen molar-refractivity contribution in [2.24, 2.45) is 10.2 Å². The number of nitrogens with zero attached hydrogens (tertiary/aromatic N) is 2. The van der Waals surface area contributed by atoms with Crippen molar-refractivity contribution in [3.8, 4) is 0 Å². The van der Waals surface area contributed by atoms with Crippen LogP contribution in [-0.2, 0) is 9.59 Å². The summed E-state index contributed by atoms with van der Waals surface area (Å²) in [6, 6.07) is 16.3. The summed E-state index contributed by atoms with van der Waals surface area (Å²) in [5, 5.41) is 13.4. The number of nitrogens with one attached hydrogen (secondary N) is 2. The molecule has 3 rings (SSSR count). The number of Topliss-reactive ketones (excluding diaryl/α,β-unsaturated/α-hetero) is 1. The van der Waals surface area contributed by atoms with Crippen molar-refractivity contribution in [2.45, 2.75) is 25.5 Å². The number of thioether (sulfide) groups is 1. The Kier molecular flexibility index (Phi) is 6.56. The summed E-state index contributed by atoms with van der Waals surface area (Å²) in [6.07, 6.45) is -0.0127. The van der Waals surface area contributed by atoms with Crippen molar-refractivity contribution in [3.05, 3.63) is 65.7 Å². The predicted molar refractivity (Wildman–Crippen MR) is 115 cm³/mol. The molecule has 2 aromatic carbocycles. The quantitative estimate of drug-likeness (QED) is 0.435. The minimum atomic E-state index is -0.586. The third-order valence-corrected chi connectivity index (χ3v) is 5.25. The van der Waals surface area contributed by atoms with E-state index in [1.165, 1.54) is 18.7 Å². The van der Waals surface area contributed by atoms with E-state index in [0.29, 0.717) is 16.4 Å². The van der Waals surface area contributed by atoms with Gasteiger partial charge in [0.2, 0.25) is 11.8 Å². The summed E-state index contributed by atoms with van der Waals surface area (Å²) >= 11 is 1.17. The number of hydrogen-bond donors (Lipinski definition) is 2. The first kappa shape index (κ1) is 20.5. The van der Waals surface area contributed by atoms with Crippen molar-refractivity contribution in [3.63, 3.8) is 0 Å². The van der Waals surface area contributed by atoms with Gasteiger partial charge in [-0.1, -0.05) is 54.2 Å². The number of anilines is 1. The van der Waals surface area contributed by atoms with Gasteiger partial charge in [0.25, 0.3) is 0 Å². The Hall–Kier alpha value is -3.26. The van der Waals surface area contributed by atoms with Crippen LogP contribution in [0.15, 0.2) is 64.8 Å². The van der Waals surface area contributed by atoms with Gasteiger partial charge in [-0.15, -0.1) is 5.10 Å². The topological polar surface area (TPSA) is 100.0 Å². The highest BCUT2D eigenvalue weighted by molar-refractivity contribution is 8.15. The third kappa shape index (κ3) is 5.61. The van der Waals surface area contributed by atoms with E-state index in [1.54, 1.807) is 24.3 Å². The highest BCUT2D eigenvalue weighted by Crippen LogP contribution is 2.23. The zero-order valence-corrected chi connectivity index (χ0v) is 16.8. The fourth-order valence-corrected chi connectivity index (χ4v) is 3.56. The Morgan fingerprint density at radius 2 is 1.79 bits per heavy atom. The average Bonchev–Trinajstić information content (AvgIpc) is 3.06. The van der Waals surface area contributed by atoms with Gasteiger partial charge in [-0.05, 0) is 31.5 Å². The standard InChI is InChI=1S/C21H20N4O3S/c1-13(15-7-4-3-5-8-15)24-25-21-23-20(28)18(29-21)12-19(27)22-17-10-6-9-16(11-17)14(2)26/h3-11,18H,12H2,1-2H3,(H,22,27)(H,23,25,28)/b24-13+. The first-order chi connectivity index (χ1) is 13.9. The van der Waals surface area contributed by atoms with E-state index in [2.05, 4.69) is 20.8 Å². The summed E-state index contributed by atoms with van der Waals surface area (Å²) in [7, 11) is 0. The predicted octanol–water partition coefficient (Wildman–Crippen LogP) is 3.23. The van der Waals surface area contributed by atoms with E-state index < -0.39 is 5.25 Å². The number of carbonyl (C=O) groups excluding carboxylic acids is 3. The molecule has 0 aliphatic carbocycles. The highest BCUT2D eigenvalue weighted by atomic mass is 32.2. The monoisotopic (exact) mass is 408 g/mol. The number of amidine groups is 1. The van der Waals surface area contributed by atoms with E-state index in [4.69, 9.17) is 0 Å². The van der Waals surface area contributed by atoms with Crippen LogP contribution in [0.25, 0.3) is 0 Å². The van der Waals surface area contributed by atoms with Crippen molar-refractivity contribution in [1.29, 1.82) is 0 Å². The molecule has 0 saturated carbocycles. The Morgan fingerprint density at radius 1 is 1.07 bits per heavy atom. The van der Waals surface area contributed by atoms with Crippen LogP contribution in [-0.4, -0.2) is 33.7 Å². The molecule has 2 aromatic rings. The van der Waals surface area contributed by atoms with Gasteiger partial charge in [-0.2, -0.15) is 5.10 Å². The maximum atomic E-state index is 12.3. The lowest BCUT2D eigenvalue weighted by Gasteiger charge is -2.08. The first-order valence-corrected chi connectivity index (χ1v) is 9.86. The minimum absolute atomic E-state index is 0.0127. The second kappa shape index (κ2) is 9.29. The van der Waals surface area contributed by atoms with Crippen molar-refractivity contribution >= 4 is 45.9 Å². The minimum Gasteiger partial charge on any atom is -0.326 e. The molecule has 1 aliphatic heterocycles. The molecule has 1 atom stereocenters. The lowest BCUT2D eigenvalue weighted by Crippen LogP contribution is -2.28. The van der Waals surface area contributed by atoms with E-state index in [9.17, 15) is 14.4 Å². The van der Waals surface area contributed by atoms with Crippen LogP contribution >= 0.6 is 11.8 Å². The molecular weight excluding hydrogens is 388 g/mol. The van der Waals surface area contributed by atoms with Crippen LogP contribution < -0.4 is 10.6 Å². The number of ketones is 1. The number of rotatable bonds is 6. The van der Waals surface area contributed by atoms with Crippen LogP contribution in [0, 0.1) is 0 Å². The zero-order valence-electron chi connectivity index (χ0n) is 16.0. The molecule has 2 amide bonds. The lowest BCUT2D eigenvalue weighted by molar-refractivity contribution is -0.122.